The predicted octanol–water partition coefficient (Wildman–Crippen LogP) is -0.0597. The van der Waals surface area contributed by atoms with Crippen LogP contribution in [0.5, 0.6) is 0 Å². The highest BCUT2D eigenvalue weighted by atomic mass is 32.2. The fraction of sp³-hybridized carbons (Fsp3) is 1.00. The lowest BCUT2D eigenvalue weighted by Crippen LogP contribution is -2.45. The third-order valence-electron chi connectivity index (χ3n) is 2.50. The summed E-state index contributed by atoms with van der Waals surface area (Å²) in [5, 5.41) is 3.16. The second-order valence-electron chi connectivity index (χ2n) is 4.55. The number of ether oxygens (including phenoxy) is 1. The third-order valence-corrected chi connectivity index (χ3v) is 3.88. The maximum atomic E-state index is 11.6. The molecular formula is C10H22N2O3S. The zero-order chi connectivity index (χ0) is 12.0. The molecule has 1 heterocycles. The summed E-state index contributed by atoms with van der Waals surface area (Å²) >= 11 is 0. The summed E-state index contributed by atoms with van der Waals surface area (Å²) in [5.74, 6) is 0.606. The summed E-state index contributed by atoms with van der Waals surface area (Å²) in [7, 11) is -3.13. The van der Waals surface area contributed by atoms with Gasteiger partial charge in [0.1, 0.15) is 0 Å². The average molecular weight is 250 g/mol. The Balaban J connectivity index is 2.24. The molecule has 0 bridgehead atoms. The predicted molar refractivity (Wildman–Crippen MR) is 63.9 cm³/mol. The second kappa shape index (κ2) is 6.54. The zero-order valence-electron chi connectivity index (χ0n) is 10.0. The Morgan fingerprint density at radius 1 is 1.50 bits per heavy atom. The minimum atomic E-state index is -3.13. The molecule has 96 valence electrons. The van der Waals surface area contributed by atoms with Crippen LogP contribution >= 0.6 is 0 Å². The Morgan fingerprint density at radius 3 is 2.81 bits per heavy atom. The molecule has 0 aromatic carbocycles. The van der Waals surface area contributed by atoms with Crippen molar-refractivity contribution in [1.82, 2.24) is 10.0 Å². The van der Waals surface area contributed by atoms with Crippen LogP contribution in [-0.2, 0) is 14.8 Å². The third kappa shape index (κ3) is 5.79. The van der Waals surface area contributed by atoms with Crippen LogP contribution in [0.2, 0.25) is 0 Å². The lowest BCUT2D eigenvalue weighted by atomic mass is 10.2. The van der Waals surface area contributed by atoms with E-state index in [-0.39, 0.29) is 11.9 Å². The van der Waals surface area contributed by atoms with Crippen molar-refractivity contribution in [3.63, 3.8) is 0 Å². The van der Waals surface area contributed by atoms with Crippen LogP contribution in [0.4, 0.5) is 0 Å². The van der Waals surface area contributed by atoms with E-state index in [1.165, 1.54) is 0 Å². The lowest BCUT2D eigenvalue weighted by Gasteiger charge is -2.23. The van der Waals surface area contributed by atoms with Gasteiger partial charge in [0.25, 0.3) is 0 Å². The van der Waals surface area contributed by atoms with Gasteiger partial charge in [0.15, 0.2) is 0 Å². The summed E-state index contributed by atoms with van der Waals surface area (Å²) in [6, 6.07) is 0. The van der Waals surface area contributed by atoms with E-state index in [0.717, 1.165) is 6.54 Å². The van der Waals surface area contributed by atoms with E-state index in [9.17, 15) is 8.42 Å². The first-order valence-corrected chi connectivity index (χ1v) is 7.44. The Labute approximate surface area is 98.0 Å². The first kappa shape index (κ1) is 13.9. The van der Waals surface area contributed by atoms with Crippen molar-refractivity contribution < 1.29 is 13.2 Å². The van der Waals surface area contributed by atoms with Gasteiger partial charge in [-0.1, -0.05) is 13.8 Å². The summed E-state index contributed by atoms with van der Waals surface area (Å²) in [4.78, 5) is 0. The monoisotopic (exact) mass is 250 g/mol. The van der Waals surface area contributed by atoms with E-state index < -0.39 is 10.0 Å². The molecule has 5 nitrogen and oxygen atoms in total. The molecule has 1 saturated heterocycles. The number of hydrogen-bond donors (Lipinski definition) is 2. The fourth-order valence-corrected chi connectivity index (χ4v) is 2.80. The van der Waals surface area contributed by atoms with Gasteiger partial charge in [0.2, 0.25) is 10.0 Å². The van der Waals surface area contributed by atoms with E-state index in [1.807, 2.05) is 13.8 Å². The highest BCUT2D eigenvalue weighted by Crippen LogP contribution is 2.02. The van der Waals surface area contributed by atoms with E-state index in [2.05, 4.69) is 10.0 Å². The summed E-state index contributed by atoms with van der Waals surface area (Å²) < 4.78 is 31.2. The zero-order valence-corrected chi connectivity index (χ0v) is 10.8. The first-order valence-electron chi connectivity index (χ1n) is 5.79. The molecule has 0 radical (unpaired) electrons. The van der Waals surface area contributed by atoms with Crippen LogP contribution < -0.4 is 10.0 Å². The van der Waals surface area contributed by atoms with E-state index in [0.29, 0.717) is 32.0 Å². The van der Waals surface area contributed by atoms with Crippen molar-refractivity contribution in [1.29, 1.82) is 0 Å². The van der Waals surface area contributed by atoms with Crippen molar-refractivity contribution in [3.8, 4) is 0 Å². The normalized spacial score (nSPS) is 22.6. The molecule has 1 unspecified atom stereocenters. The molecule has 1 fully saturated rings. The molecule has 1 aliphatic heterocycles. The van der Waals surface area contributed by atoms with Crippen LogP contribution in [0.1, 0.15) is 20.3 Å². The first-order chi connectivity index (χ1) is 7.49. The Morgan fingerprint density at radius 2 is 2.25 bits per heavy atom. The Kier molecular flexibility index (Phi) is 5.68. The van der Waals surface area contributed by atoms with Crippen molar-refractivity contribution in [3.05, 3.63) is 0 Å². The van der Waals surface area contributed by atoms with Gasteiger partial charge in [-0.2, -0.15) is 0 Å². The standard InChI is InChI=1S/C10H22N2O3S/c1-9(2)3-6-16(13,14)12-8-10-7-11-4-5-15-10/h9-12H,3-8H2,1-2H3. The van der Waals surface area contributed by atoms with Gasteiger partial charge in [-0.3, -0.25) is 0 Å². The molecule has 0 aliphatic carbocycles. The number of sulfonamides is 1. The molecule has 1 atom stereocenters. The van der Waals surface area contributed by atoms with Gasteiger partial charge in [0.05, 0.1) is 18.5 Å². The number of hydrogen-bond acceptors (Lipinski definition) is 4. The highest BCUT2D eigenvalue weighted by Gasteiger charge is 2.17. The van der Waals surface area contributed by atoms with Gasteiger partial charge < -0.3 is 10.1 Å². The second-order valence-corrected chi connectivity index (χ2v) is 6.47. The minimum Gasteiger partial charge on any atom is -0.374 e. The molecule has 1 rings (SSSR count). The number of nitrogens with one attached hydrogen (secondary N) is 2. The molecular weight excluding hydrogens is 228 g/mol. The molecule has 2 N–H and O–H groups in total. The van der Waals surface area contributed by atoms with Crippen LogP contribution in [-0.4, -0.2) is 46.5 Å². The Bertz CT molecular complexity index is 284. The molecule has 1 aliphatic rings. The van der Waals surface area contributed by atoms with E-state index in [1.54, 1.807) is 0 Å². The van der Waals surface area contributed by atoms with Crippen LogP contribution in [0, 0.1) is 5.92 Å². The largest absolute Gasteiger partial charge is 0.374 e. The molecule has 0 saturated carbocycles. The summed E-state index contributed by atoms with van der Waals surface area (Å²) in [5.41, 5.74) is 0. The highest BCUT2D eigenvalue weighted by molar-refractivity contribution is 7.89. The summed E-state index contributed by atoms with van der Waals surface area (Å²) in [6.45, 7) is 6.61. The molecule has 0 aromatic rings. The number of morpholine rings is 1. The lowest BCUT2D eigenvalue weighted by molar-refractivity contribution is 0.0324. The smallest absolute Gasteiger partial charge is 0.211 e. The van der Waals surface area contributed by atoms with Crippen LogP contribution in [0.25, 0.3) is 0 Å². The van der Waals surface area contributed by atoms with Gasteiger partial charge in [-0.05, 0) is 12.3 Å². The van der Waals surface area contributed by atoms with Gasteiger partial charge in [-0.15, -0.1) is 0 Å². The van der Waals surface area contributed by atoms with Crippen molar-refractivity contribution >= 4 is 10.0 Å². The van der Waals surface area contributed by atoms with Gasteiger partial charge in [-0.25, -0.2) is 13.1 Å². The van der Waals surface area contributed by atoms with Gasteiger partial charge >= 0.3 is 0 Å². The van der Waals surface area contributed by atoms with E-state index >= 15 is 0 Å². The van der Waals surface area contributed by atoms with Crippen LogP contribution in [0.3, 0.4) is 0 Å². The quantitative estimate of drug-likeness (QED) is 0.693. The van der Waals surface area contributed by atoms with Crippen molar-refractivity contribution in [2.24, 2.45) is 5.92 Å². The summed E-state index contributed by atoms with van der Waals surface area (Å²) in [6.07, 6.45) is 0.654. The molecule has 0 aromatic heterocycles. The SMILES string of the molecule is CC(C)CCS(=O)(=O)NCC1CNCCO1. The topological polar surface area (TPSA) is 67.4 Å². The maximum Gasteiger partial charge on any atom is 0.211 e. The average Bonchev–Trinajstić information content (AvgIpc) is 2.26. The molecule has 16 heavy (non-hydrogen) atoms. The minimum absolute atomic E-state index is 0.0393. The molecule has 0 amide bonds. The van der Waals surface area contributed by atoms with Crippen LogP contribution in [0.15, 0.2) is 0 Å². The van der Waals surface area contributed by atoms with Gasteiger partial charge in [0, 0.05) is 19.6 Å². The number of rotatable bonds is 6. The van der Waals surface area contributed by atoms with Crippen molar-refractivity contribution in [2.45, 2.75) is 26.4 Å². The molecule has 6 heteroatoms. The van der Waals surface area contributed by atoms with E-state index in [4.69, 9.17) is 4.74 Å². The maximum absolute atomic E-state index is 11.6. The van der Waals surface area contributed by atoms with Crippen molar-refractivity contribution in [2.75, 3.05) is 32.0 Å². The fourth-order valence-electron chi connectivity index (χ4n) is 1.43. The molecule has 0 spiro atoms. The Hall–Kier alpha value is -0.170.